The van der Waals surface area contributed by atoms with E-state index >= 15 is 0 Å². The third kappa shape index (κ3) is 3.32. The first-order valence-electron chi connectivity index (χ1n) is 5.96. The second-order valence-corrected chi connectivity index (χ2v) is 4.51. The fraction of sp³-hybridized carbons (Fsp3) is 0.750. The molecular formula is C12H23N3O. The van der Waals surface area contributed by atoms with Gasteiger partial charge in [-0.25, -0.2) is 0 Å². The Labute approximate surface area is 97.7 Å². The highest BCUT2D eigenvalue weighted by atomic mass is 16.3. The molecule has 0 saturated heterocycles. The summed E-state index contributed by atoms with van der Waals surface area (Å²) in [4.78, 5) is 0. The minimum atomic E-state index is 0.153. The van der Waals surface area contributed by atoms with E-state index in [0.29, 0.717) is 5.92 Å². The van der Waals surface area contributed by atoms with Crippen LogP contribution in [0.1, 0.15) is 32.2 Å². The summed E-state index contributed by atoms with van der Waals surface area (Å²) in [6.45, 7) is 10.1. The molecule has 0 bridgehead atoms. The van der Waals surface area contributed by atoms with Crippen LogP contribution in [0.4, 0.5) is 0 Å². The minimum absolute atomic E-state index is 0.153. The van der Waals surface area contributed by atoms with Crippen molar-refractivity contribution < 1.29 is 5.11 Å². The number of aliphatic hydroxyl groups is 1. The molecule has 0 aliphatic heterocycles. The highest BCUT2D eigenvalue weighted by Crippen LogP contribution is 2.06. The summed E-state index contributed by atoms with van der Waals surface area (Å²) in [5.74, 6) is 0.434. The Morgan fingerprint density at radius 3 is 2.69 bits per heavy atom. The number of aryl methyl sites for hydroxylation is 2. The number of aliphatic hydroxyl groups excluding tert-OH is 1. The number of hydrogen-bond acceptors (Lipinski definition) is 3. The van der Waals surface area contributed by atoms with Gasteiger partial charge in [0.2, 0.25) is 0 Å². The van der Waals surface area contributed by atoms with Gasteiger partial charge in [-0.2, -0.15) is 5.10 Å². The molecule has 0 unspecified atom stereocenters. The molecule has 1 atom stereocenters. The Hall–Kier alpha value is -0.870. The van der Waals surface area contributed by atoms with E-state index in [1.54, 1.807) is 0 Å². The smallest absolute Gasteiger partial charge is 0.0597 e. The van der Waals surface area contributed by atoms with Gasteiger partial charge in [-0.05, 0) is 25.8 Å². The first-order valence-corrected chi connectivity index (χ1v) is 5.96. The maximum atomic E-state index is 9.22. The van der Waals surface area contributed by atoms with Crippen LogP contribution < -0.4 is 5.32 Å². The molecule has 0 amide bonds. The Balaban J connectivity index is 2.59. The Morgan fingerprint density at radius 2 is 2.19 bits per heavy atom. The minimum Gasteiger partial charge on any atom is -0.395 e. The number of hydrogen-bond donors (Lipinski definition) is 2. The van der Waals surface area contributed by atoms with E-state index in [1.807, 2.05) is 11.6 Å². The molecule has 1 aromatic rings. The van der Waals surface area contributed by atoms with Crippen molar-refractivity contribution in [2.45, 2.75) is 46.8 Å². The van der Waals surface area contributed by atoms with Crippen molar-refractivity contribution >= 4 is 0 Å². The van der Waals surface area contributed by atoms with Gasteiger partial charge in [-0.1, -0.05) is 13.8 Å². The molecule has 2 N–H and O–H groups in total. The molecule has 4 heteroatoms. The number of nitrogens with zero attached hydrogens (tertiary/aromatic N) is 2. The van der Waals surface area contributed by atoms with Crippen LogP contribution in [0.3, 0.4) is 0 Å². The first kappa shape index (κ1) is 13.2. The molecule has 0 saturated carbocycles. The summed E-state index contributed by atoms with van der Waals surface area (Å²) in [6.07, 6.45) is 0. The van der Waals surface area contributed by atoms with Crippen LogP contribution in [0.25, 0.3) is 0 Å². The van der Waals surface area contributed by atoms with Crippen molar-refractivity contribution in [2.24, 2.45) is 5.92 Å². The standard InChI is InChI=1S/C12H23N3O/c1-5-15-11(6-10(4)14-15)7-13-12(8-16)9(2)3/h6,9,12-13,16H,5,7-8H2,1-4H3/t12-/m1/s1. The maximum Gasteiger partial charge on any atom is 0.0597 e. The molecule has 1 rings (SSSR count). The highest BCUT2D eigenvalue weighted by Gasteiger charge is 2.12. The molecule has 92 valence electrons. The Kier molecular flexibility index (Phi) is 4.96. The summed E-state index contributed by atoms with van der Waals surface area (Å²) < 4.78 is 2.00. The fourth-order valence-corrected chi connectivity index (χ4v) is 1.76. The molecule has 1 heterocycles. The molecule has 16 heavy (non-hydrogen) atoms. The molecule has 0 radical (unpaired) electrons. The van der Waals surface area contributed by atoms with Crippen LogP contribution in [-0.4, -0.2) is 27.5 Å². The van der Waals surface area contributed by atoms with E-state index in [1.165, 1.54) is 5.69 Å². The molecule has 0 spiro atoms. The maximum absolute atomic E-state index is 9.22. The van der Waals surface area contributed by atoms with E-state index in [0.717, 1.165) is 18.8 Å². The average Bonchev–Trinajstić information content (AvgIpc) is 2.59. The van der Waals surface area contributed by atoms with Crippen molar-refractivity contribution in [1.82, 2.24) is 15.1 Å². The lowest BCUT2D eigenvalue weighted by Gasteiger charge is -2.20. The molecule has 0 aliphatic carbocycles. The normalized spacial score (nSPS) is 13.4. The Bertz CT molecular complexity index is 320. The van der Waals surface area contributed by atoms with Gasteiger partial charge in [-0.3, -0.25) is 4.68 Å². The van der Waals surface area contributed by atoms with Gasteiger partial charge in [0.05, 0.1) is 18.0 Å². The van der Waals surface area contributed by atoms with Gasteiger partial charge in [0.15, 0.2) is 0 Å². The summed E-state index contributed by atoms with van der Waals surface area (Å²) in [5, 5.41) is 17.0. The van der Waals surface area contributed by atoms with Gasteiger partial charge in [0.25, 0.3) is 0 Å². The van der Waals surface area contributed by atoms with E-state index < -0.39 is 0 Å². The molecular weight excluding hydrogens is 202 g/mol. The van der Waals surface area contributed by atoms with Crippen LogP contribution in [0.5, 0.6) is 0 Å². The topological polar surface area (TPSA) is 50.1 Å². The Morgan fingerprint density at radius 1 is 1.50 bits per heavy atom. The number of rotatable bonds is 6. The predicted molar refractivity (Wildman–Crippen MR) is 65.2 cm³/mol. The van der Waals surface area contributed by atoms with Crippen LogP contribution in [0.15, 0.2) is 6.07 Å². The summed E-state index contributed by atoms with van der Waals surface area (Å²) in [5.41, 5.74) is 2.22. The summed E-state index contributed by atoms with van der Waals surface area (Å²) >= 11 is 0. The lowest BCUT2D eigenvalue weighted by atomic mass is 10.1. The number of aromatic nitrogens is 2. The monoisotopic (exact) mass is 225 g/mol. The van der Waals surface area contributed by atoms with Gasteiger partial charge in [0.1, 0.15) is 0 Å². The molecule has 0 aromatic carbocycles. The predicted octanol–water partition coefficient (Wildman–Crippen LogP) is 1.32. The van der Waals surface area contributed by atoms with Crippen molar-refractivity contribution in [3.8, 4) is 0 Å². The van der Waals surface area contributed by atoms with Gasteiger partial charge >= 0.3 is 0 Å². The first-order chi connectivity index (χ1) is 7.58. The fourth-order valence-electron chi connectivity index (χ4n) is 1.76. The molecule has 1 aromatic heterocycles. The van der Waals surface area contributed by atoms with E-state index in [-0.39, 0.29) is 12.6 Å². The molecule has 0 aliphatic rings. The zero-order valence-electron chi connectivity index (χ0n) is 10.7. The number of nitrogens with one attached hydrogen (secondary N) is 1. The van der Waals surface area contributed by atoms with Crippen molar-refractivity contribution in [2.75, 3.05) is 6.61 Å². The largest absolute Gasteiger partial charge is 0.395 e. The van der Waals surface area contributed by atoms with Crippen LogP contribution >= 0.6 is 0 Å². The van der Waals surface area contributed by atoms with E-state index in [4.69, 9.17) is 0 Å². The van der Waals surface area contributed by atoms with E-state index in [9.17, 15) is 5.11 Å². The summed E-state index contributed by atoms with van der Waals surface area (Å²) in [6, 6.07) is 2.24. The average molecular weight is 225 g/mol. The van der Waals surface area contributed by atoms with Crippen molar-refractivity contribution in [3.63, 3.8) is 0 Å². The molecule has 0 fully saturated rings. The second kappa shape index (κ2) is 6.01. The zero-order chi connectivity index (χ0) is 12.1. The van der Waals surface area contributed by atoms with Crippen LogP contribution in [0.2, 0.25) is 0 Å². The van der Waals surface area contributed by atoms with Crippen LogP contribution in [-0.2, 0) is 13.1 Å². The molecule has 4 nitrogen and oxygen atoms in total. The van der Waals surface area contributed by atoms with Gasteiger partial charge in [0, 0.05) is 19.1 Å². The SMILES string of the molecule is CCn1nc(C)cc1CN[C@H](CO)C(C)C. The van der Waals surface area contributed by atoms with Crippen molar-refractivity contribution in [1.29, 1.82) is 0 Å². The third-order valence-corrected chi connectivity index (χ3v) is 2.83. The highest BCUT2D eigenvalue weighted by molar-refractivity contribution is 5.08. The summed E-state index contributed by atoms with van der Waals surface area (Å²) in [7, 11) is 0. The lowest BCUT2D eigenvalue weighted by molar-refractivity contribution is 0.209. The van der Waals surface area contributed by atoms with Gasteiger partial charge < -0.3 is 10.4 Å². The lowest BCUT2D eigenvalue weighted by Crippen LogP contribution is -2.37. The quantitative estimate of drug-likeness (QED) is 0.767. The third-order valence-electron chi connectivity index (χ3n) is 2.83. The van der Waals surface area contributed by atoms with Crippen LogP contribution in [0, 0.1) is 12.8 Å². The second-order valence-electron chi connectivity index (χ2n) is 4.51. The van der Waals surface area contributed by atoms with Gasteiger partial charge in [-0.15, -0.1) is 0 Å². The zero-order valence-corrected chi connectivity index (χ0v) is 10.7. The van der Waals surface area contributed by atoms with E-state index in [2.05, 4.69) is 37.3 Å². The van der Waals surface area contributed by atoms with Crippen molar-refractivity contribution in [3.05, 3.63) is 17.5 Å².